The molecule has 0 radical (unpaired) electrons. The molecule has 0 saturated carbocycles. The smallest absolute Gasteiger partial charge is 0.186 e. The summed E-state index contributed by atoms with van der Waals surface area (Å²) in [6.45, 7) is 1.96. The van der Waals surface area contributed by atoms with Crippen molar-refractivity contribution in [3.05, 3.63) is 24.3 Å². The van der Waals surface area contributed by atoms with E-state index in [0.717, 1.165) is 16.5 Å². The number of anilines is 1. The predicted octanol–water partition coefficient (Wildman–Crippen LogP) is 0.517. The van der Waals surface area contributed by atoms with E-state index in [-0.39, 0.29) is 12.1 Å². The second kappa shape index (κ2) is 9.64. The molecule has 0 aromatic heterocycles. The van der Waals surface area contributed by atoms with Gasteiger partial charge in [-0.2, -0.15) is 9.59 Å². The third-order valence-electron chi connectivity index (χ3n) is 1.73. The Bertz CT molecular complexity index is 396. The van der Waals surface area contributed by atoms with Crippen LogP contribution in [0.15, 0.2) is 24.3 Å². The second-order valence-electron chi connectivity index (χ2n) is 3.02. The molecule has 0 heterocycles. The summed E-state index contributed by atoms with van der Waals surface area (Å²) in [7, 11) is 0. The van der Waals surface area contributed by atoms with Crippen molar-refractivity contribution in [2.75, 3.05) is 5.32 Å². The molecule has 0 aliphatic rings. The van der Waals surface area contributed by atoms with Gasteiger partial charge in [-0.05, 0) is 0 Å². The molecule has 0 aliphatic heterocycles. The summed E-state index contributed by atoms with van der Waals surface area (Å²) in [5.74, 6) is 0.0237. The predicted molar refractivity (Wildman–Crippen MR) is 61.1 cm³/mol. The third-order valence-corrected chi connectivity index (χ3v) is 2.80. The Balaban J connectivity index is 0.000000770. The molecule has 0 aliphatic carbocycles. The number of carbonyl (C=O) groups excluding carboxylic acids is 3. The van der Waals surface area contributed by atoms with E-state index in [4.69, 9.17) is 9.59 Å². The summed E-state index contributed by atoms with van der Waals surface area (Å²) in [5, 5.41) is 2.76. The van der Waals surface area contributed by atoms with Crippen LogP contribution in [0.5, 0.6) is 0 Å². The van der Waals surface area contributed by atoms with Gasteiger partial charge in [-0.25, -0.2) is 0 Å². The minimum absolute atomic E-state index is 0.0237. The summed E-state index contributed by atoms with van der Waals surface area (Å²) in [6, 6.07) is 7.09. The van der Waals surface area contributed by atoms with Gasteiger partial charge in [-0.3, -0.25) is 0 Å². The Hall–Kier alpha value is -1.57. The summed E-state index contributed by atoms with van der Waals surface area (Å²) in [4.78, 5) is 27.4. The molecular formula is C11H12AsNO4. The number of amides is 1. The van der Waals surface area contributed by atoms with Crippen molar-refractivity contribution in [3.8, 4) is 0 Å². The van der Waals surface area contributed by atoms with Crippen LogP contribution in [0.3, 0.4) is 0 Å². The summed E-state index contributed by atoms with van der Waals surface area (Å²) >= 11 is -0.965. The van der Waals surface area contributed by atoms with Gasteiger partial charge in [0.1, 0.15) is 0 Å². The average Bonchev–Trinajstić information content (AvgIpc) is 2.31. The molecule has 1 aromatic carbocycles. The Morgan fingerprint density at radius 2 is 1.82 bits per heavy atom. The number of nitrogens with one attached hydrogen (secondary N) is 1. The molecule has 6 heteroatoms. The number of rotatable bonds is 4. The van der Waals surface area contributed by atoms with E-state index in [0.29, 0.717) is 6.42 Å². The number of hydrogen-bond donors (Lipinski definition) is 1. The molecule has 1 N–H and O–H groups in total. The van der Waals surface area contributed by atoms with Crippen LogP contribution in [0.4, 0.5) is 5.69 Å². The fourth-order valence-corrected chi connectivity index (χ4v) is 1.62. The van der Waals surface area contributed by atoms with E-state index in [1.165, 1.54) is 0 Å². The molecule has 0 atom stereocenters. The largest absolute Gasteiger partial charge is 0.373 e. The normalized spacial score (nSPS) is 8.76. The van der Waals surface area contributed by atoms with Crippen molar-refractivity contribution in [2.24, 2.45) is 0 Å². The van der Waals surface area contributed by atoms with Gasteiger partial charge < -0.3 is 0 Å². The maximum Gasteiger partial charge on any atom is 0.373 e. The standard InChI is InChI=1S/C10H12AsNO2.CO2/c1-2-3-10(13)12-9-6-4-8(11-14)5-7-9;2-1-3/h4-7H,2-3H2,1H3,(H,12,13);. The monoisotopic (exact) mass is 297 g/mol. The van der Waals surface area contributed by atoms with E-state index >= 15 is 0 Å². The average molecular weight is 297 g/mol. The van der Waals surface area contributed by atoms with Crippen molar-refractivity contribution in [3.63, 3.8) is 0 Å². The van der Waals surface area contributed by atoms with Crippen molar-refractivity contribution in [2.45, 2.75) is 19.8 Å². The van der Waals surface area contributed by atoms with Crippen molar-refractivity contribution in [1.82, 2.24) is 0 Å². The molecule has 0 saturated heterocycles. The Kier molecular flexibility index (Phi) is 8.75. The van der Waals surface area contributed by atoms with Crippen LogP contribution < -0.4 is 9.67 Å². The van der Waals surface area contributed by atoms with Gasteiger partial charge in [-0.1, -0.05) is 0 Å². The molecule has 5 nitrogen and oxygen atoms in total. The van der Waals surface area contributed by atoms with Gasteiger partial charge in [0.25, 0.3) is 0 Å². The first-order valence-corrected chi connectivity index (χ1v) is 6.60. The first-order chi connectivity index (χ1) is 8.17. The number of carbonyl (C=O) groups is 1. The maximum absolute atomic E-state index is 11.2. The van der Waals surface area contributed by atoms with Crippen LogP contribution >= 0.6 is 0 Å². The van der Waals surface area contributed by atoms with Crippen molar-refractivity contribution >= 4 is 37.8 Å². The van der Waals surface area contributed by atoms with Gasteiger partial charge in [0, 0.05) is 0 Å². The van der Waals surface area contributed by atoms with Crippen LogP contribution in [-0.2, 0) is 18.1 Å². The van der Waals surface area contributed by atoms with E-state index in [9.17, 15) is 8.53 Å². The van der Waals surface area contributed by atoms with Gasteiger partial charge in [0.05, 0.1) is 0 Å². The van der Waals surface area contributed by atoms with Crippen molar-refractivity contribution in [1.29, 1.82) is 0 Å². The van der Waals surface area contributed by atoms with Crippen LogP contribution in [0.1, 0.15) is 19.8 Å². The number of benzene rings is 1. The first kappa shape index (κ1) is 15.4. The molecule has 90 valence electrons. The van der Waals surface area contributed by atoms with E-state index in [1.54, 1.807) is 24.3 Å². The van der Waals surface area contributed by atoms with E-state index < -0.39 is 15.7 Å². The van der Waals surface area contributed by atoms with Gasteiger partial charge in [-0.15, -0.1) is 0 Å². The van der Waals surface area contributed by atoms with E-state index in [1.807, 2.05) is 6.92 Å². The van der Waals surface area contributed by atoms with Crippen molar-refractivity contribution < 1.29 is 18.1 Å². The van der Waals surface area contributed by atoms with Gasteiger partial charge in [0.15, 0.2) is 0 Å². The van der Waals surface area contributed by atoms with Crippen LogP contribution in [0.25, 0.3) is 0 Å². The Morgan fingerprint density at radius 3 is 2.24 bits per heavy atom. The SMILES string of the molecule is CCCC(=O)Nc1ccc([As]=O)cc1.O=C=O. The van der Waals surface area contributed by atoms with Crippen LogP contribution in [0.2, 0.25) is 0 Å². The molecular weight excluding hydrogens is 285 g/mol. The molecule has 0 spiro atoms. The molecule has 0 bridgehead atoms. The van der Waals surface area contributed by atoms with Gasteiger partial charge >= 0.3 is 95.7 Å². The maximum atomic E-state index is 11.2. The fourth-order valence-electron chi connectivity index (χ4n) is 1.06. The topological polar surface area (TPSA) is 80.3 Å². The molecule has 0 fully saturated rings. The zero-order valence-electron chi connectivity index (χ0n) is 9.30. The van der Waals surface area contributed by atoms with Crippen LogP contribution in [-0.4, -0.2) is 27.7 Å². The fraction of sp³-hybridized carbons (Fsp3) is 0.273. The zero-order chi connectivity index (χ0) is 13.1. The Labute approximate surface area is 105 Å². The minimum Gasteiger partial charge on any atom is -0.186 e. The molecule has 1 rings (SSSR count). The quantitative estimate of drug-likeness (QED) is 0.821. The first-order valence-electron chi connectivity index (χ1n) is 4.90. The molecule has 1 aromatic rings. The van der Waals surface area contributed by atoms with Crippen LogP contribution in [0, 0.1) is 0 Å². The Morgan fingerprint density at radius 1 is 1.29 bits per heavy atom. The summed E-state index contributed by atoms with van der Waals surface area (Å²) in [6.07, 6.45) is 1.63. The molecule has 17 heavy (non-hydrogen) atoms. The second-order valence-corrected chi connectivity index (χ2v) is 4.49. The van der Waals surface area contributed by atoms with E-state index in [2.05, 4.69) is 5.32 Å². The summed E-state index contributed by atoms with van der Waals surface area (Å²) in [5.41, 5.74) is 0.766. The summed E-state index contributed by atoms with van der Waals surface area (Å²) < 4.78 is 11.4. The molecule has 1 amide bonds. The zero-order valence-corrected chi connectivity index (χ0v) is 11.2. The van der Waals surface area contributed by atoms with Gasteiger partial charge in [0.2, 0.25) is 0 Å². The minimum atomic E-state index is -0.965. The third kappa shape index (κ3) is 7.34. The molecule has 0 unspecified atom stereocenters. The number of hydrogen-bond acceptors (Lipinski definition) is 4.